The zero-order chi connectivity index (χ0) is 18.8. The van der Waals surface area contributed by atoms with Crippen LogP contribution in [0, 0.1) is 11.8 Å². The number of carbonyl (C=O) groups is 1. The van der Waals surface area contributed by atoms with Crippen molar-refractivity contribution in [1.82, 2.24) is 20.4 Å². The number of guanidine groups is 1. The van der Waals surface area contributed by atoms with Gasteiger partial charge in [0.2, 0.25) is 5.91 Å². The number of hydrogen-bond acceptors (Lipinski definition) is 3. The summed E-state index contributed by atoms with van der Waals surface area (Å²) in [6.07, 6.45) is 3.92. The molecule has 0 aromatic carbocycles. The molecule has 0 saturated carbocycles. The lowest BCUT2D eigenvalue weighted by Crippen LogP contribution is -2.46. The van der Waals surface area contributed by atoms with Gasteiger partial charge in [-0.15, -0.1) is 24.0 Å². The summed E-state index contributed by atoms with van der Waals surface area (Å²) in [6.45, 7) is 10.3. The first kappa shape index (κ1) is 25.4. The highest BCUT2D eigenvalue weighted by Crippen LogP contribution is 2.20. The lowest BCUT2D eigenvalue weighted by molar-refractivity contribution is -0.121. The second-order valence-corrected chi connectivity index (χ2v) is 7.75. The van der Waals surface area contributed by atoms with E-state index < -0.39 is 0 Å². The van der Waals surface area contributed by atoms with E-state index >= 15 is 0 Å². The molecule has 0 aromatic rings. The SMILES string of the molecule is CCNC(=NCC(CC(C)C)N(C)C)N1CCC(CC(=O)NC)CC1.I. The maximum Gasteiger partial charge on any atom is 0.220 e. The quantitative estimate of drug-likeness (QED) is 0.318. The van der Waals surface area contributed by atoms with Crippen molar-refractivity contribution in [2.45, 2.75) is 52.5 Å². The third kappa shape index (κ3) is 9.39. The van der Waals surface area contributed by atoms with Gasteiger partial charge >= 0.3 is 0 Å². The van der Waals surface area contributed by atoms with Crippen LogP contribution in [0.1, 0.15) is 46.5 Å². The summed E-state index contributed by atoms with van der Waals surface area (Å²) in [4.78, 5) is 21.1. The molecule has 0 spiro atoms. The number of aliphatic imine (C=N–C) groups is 1. The molecule has 1 amide bonds. The number of rotatable bonds is 8. The first-order valence-corrected chi connectivity index (χ1v) is 9.77. The average Bonchev–Trinajstić information content (AvgIpc) is 2.57. The molecule has 1 fully saturated rings. The molecule has 1 heterocycles. The Morgan fingerprint density at radius 3 is 2.35 bits per heavy atom. The van der Waals surface area contributed by atoms with Crippen LogP contribution in [-0.4, -0.2) is 75.0 Å². The Bertz CT molecular complexity index is 420. The normalized spacial score (nSPS) is 17.2. The van der Waals surface area contributed by atoms with Gasteiger partial charge < -0.3 is 20.4 Å². The molecular formula is C19H40IN5O. The Balaban J connectivity index is 0.00000625. The van der Waals surface area contributed by atoms with Gasteiger partial charge in [0.25, 0.3) is 0 Å². The van der Waals surface area contributed by atoms with Crippen molar-refractivity contribution in [2.24, 2.45) is 16.8 Å². The molecule has 6 nitrogen and oxygen atoms in total. The van der Waals surface area contributed by atoms with Crippen LogP contribution in [0.3, 0.4) is 0 Å². The highest BCUT2D eigenvalue weighted by atomic mass is 127. The largest absolute Gasteiger partial charge is 0.359 e. The molecule has 2 N–H and O–H groups in total. The van der Waals surface area contributed by atoms with E-state index in [-0.39, 0.29) is 29.9 Å². The Hall–Kier alpha value is -0.570. The second-order valence-electron chi connectivity index (χ2n) is 7.75. The van der Waals surface area contributed by atoms with Crippen molar-refractivity contribution in [1.29, 1.82) is 0 Å². The van der Waals surface area contributed by atoms with Gasteiger partial charge in [0.15, 0.2) is 5.96 Å². The van der Waals surface area contributed by atoms with E-state index in [1.165, 1.54) is 0 Å². The van der Waals surface area contributed by atoms with E-state index in [0.29, 0.717) is 24.3 Å². The molecule has 154 valence electrons. The van der Waals surface area contributed by atoms with Crippen LogP contribution < -0.4 is 10.6 Å². The zero-order valence-electron chi connectivity index (χ0n) is 17.5. The number of likely N-dealkylation sites (tertiary alicyclic amines) is 1. The minimum atomic E-state index is 0. The second kappa shape index (κ2) is 13.6. The summed E-state index contributed by atoms with van der Waals surface area (Å²) >= 11 is 0. The molecule has 1 saturated heterocycles. The van der Waals surface area contributed by atoms with Crippen molar-refractivity contribution >= 4 is 35.8 Å². The van der Waals surface area contributed by atoms with Crippen LogP contribution in [-0.2, 0) is 4.79 Å². The first-order valence-electron chi connectivity index (χ1n) is 9.77. The molecule has 1 aliphatic rings. The van der Waals surface area contributed by atoms with Crippen LogP contribution in [0.15, 0.2) is 4.99 Å². The number of halogens is 1. The molecule has 0 aliphatic carbocycles. The highest BCUT2D eigenvalue weighted by molar-refractivity contribution is 14.0. The summed E-state index contributed by atoms with van der Waals surface area (Å²) in [6, 6.07) is 0.472. The number of nitrogens with zero attached hydrogens (tertiary/aromatic N) is 3. The minimum Gasteiger partial charge on any atom is -0.359 e. The Labute approximate surface area is 177 Å². The third-order valence-electron chi connectivity index (χ3n) is 4.93. The van der Waals surface area contributed by atoms with Gasteiger partial charge in [-0.3, -0.25) is 9.79 Å². The summed E-state index contributed by atoms with van der Waals surface area (Å²) in [5, 5.41) is 6.18. The summed E-state index contributed by atoms with van der Waals surface area (Å²) in [5.41, 5.74) is 0. The van der Waals surface area contributed by atoms with Gasteiger partial charge in [-0.2, -0.15) is 0 Å². The minimum absolute atomic E-state index is 0. The van der Waals surface area contributed by atoms with Gasteiger partial charge in [0.05, 0.1) is 6.54 Å². The maximum absolute atomic E-state index is 11.6. The fourth-order valence-electron chi connectivity index (χ4n) is 3.32. The van der Waals surface area contributed by atoms with E-state index in [2.05, 4.69) is 55.3 Å². The van der Waals surface area contributed by atoms with Crippen molar-refractivity contribution in [3.05, 3.63) is 0 Å². The van der Waals surface area contributed by atoms with Gasteiger partial charge in [0, 0.05) is 39.1 Å². The fraction of sp³-hybridized carbons (Fsp3) is 0.895. The Morgan fingerprint density at radius 1 is 1.27 bits per heavy atom. The van der Waals surface area contributed by atoms with Crippen molar-refractivity contribution in [3.8, 4) is 0 Å². The number of amides is 1. The molecule has 26 heavy (non-hydrogen) atoms. The lowest BCUT2D eigenvalue weighted by Gasteiger charge is -2.34. The third-order valence-corrected chi connectivity index (χ3v) is 4.93. The van der Waals surface area contributed by atoms with E-state index in [4.69, 9.17) is 4.99 Å². The van der Waals surface area contributed by atoms with E-state index in [0.717, 1.165) is 51.4 Å². The highest BCUT2D eigenvalue weighted by Gasteiger charge is 2.23. The van der Waals surface area contributed by atoms with E-state index in [1.54, 1.807) is 7.05 Å². The molecule has 1 atom stereocenters. The Morgan fingerprint density at radius 2 is 1.88 bits per heavy atom. The number of nitrogens with one attached hydrogen (secondary N) is 2. The maximum atomic E-state index is 11.6. The van der Waals surface area contributed by atoms with Gasteiger partial charge in [-0.05, 0) is 52.1 Å². The van der Waals surface area contributed by atoms with Crippen molar-refractivity contribution in [3.63, 3.8) is 0 Å². The monoisotopic (exact) mass is 481 g/mol. The van der Waals surface area contributed by atoms with Crippen LogP contribution in [0.25, 0.3) is 0 Å². The molecule has 7 heteroatoms. The molecular weight excluding hydrogens is 441 g/mol. The predicted octanol–water partition coefficient (Wildman–Crippen LogP) is 2.39. The Kier molecular flexibility index (Phi) is 13.3. The summed E-state index contributed by atoms with van der Waals surface area (Å²) in [5.74, 6) is 2.35. The van der Waals surface area contributed by atoms with E-state index in [1.807, 2.05) is 0 Å². The fourth-order valence-corrected chi connectivity index (χ4v) is 3.32. The molecule has 1 unspecified atom stereocenters. The van der Waals surface area contributed by atoms with Crippen LogP contribution >= 0.6 is 24.0 Å². The first-order chi connectivity index (χ1) is 11.9. The average molecular weight is 481 g/mol. The van der Waals surface area contributed by atoms with Crippen LogP contribution in [0.2, 0.25) is 0 Å². The van der Waals surface area contributed by atoms with Gasteiger partial charge in [0.1, 0.15) is 0 Å². The molecule has 1 aliphatic heterocycles. The molecule has 1 rings (SSSR count). The van der Waals surface area contributed by atoms with E-state index in [9.17, 15) is 4.79 Å². The smallest absolute Gasteiger partial charge is 0.220 e. The van der Waals surface area contributed by atoms with Crippen LogP contribution in [0.5, 0.6) is 0 Å². The molecule has 0 aromatic heterocycles. The lowest BCUT2D eigenvalue weighted by atomic mass is 9.93. The number of carbonyl (C=O) groups excluding carboxylic acids is 1. The molecule has 0 radical (unpaired) electrons. The van der Waals surface area contributed by atoms with Crippen LogP contribution in [0.4, 0.5) is 0 Å². The standard InChI is InChI=1S/C19H39N5O.HI/c1-7-21-19(22-14-17(23(5)6)12-15(2)3)24-10-8-16(9-11-24)13-18(25)20-4;/h15-17H,7-14H2,1-6H3,(H,20,25)(H,21,22);1H. The number of likely N-dealkylation sites (N-methyl/N-ethyl adjacent to an activating group) is 1. The van der Waals surface area contributed by atoms with Gasteiger partial charge in [-0.25, -0.2) is 0 Å². The number of hydrogen-bond donors (Lipinski definition) is 2. The number of piperidine rings is 1. The summed E-state index contributed by atoms with van der Waals surface area (Å²) in [7, 11) is 5.99. The van der Waals surface area contributed by atoms with Crippen molar-refractivity contribution in [2.75, 3.05) is 47.3 Å². The zero-order valence-corrected chi connectivity index (χ0v) is 19.9. The molecule has 0 bridgehead atoms. The topological polar surface area (TPSA) is 60.0 Å². The summed E-state index contributed by atoms with van der Waals surface area (Å²) < 4.78 is 0. The predicted molar refractivity (Wildman–Crippen MR) is 121 cm³/mol. The van der Waals surface area contributed by atoms with Gasteiger partial charge in [-0.1, -0.05) is 13.8 Å². The van der Waals surface area contributed by atoms with Crippen molar-refractivity contribution < 1.29 is 4.79 Å².